The lowest BCUT2D eigenvalue weighted by Crippen LogP contribution is -2.44. The van der Waals surface area contributed by atoms with Crippen LogP contribution in [0.4, 0.5) is 0 Å². The van der Waals surface area contributed by atoms with Crippen molar-refractivity contribution >= 4 is 28.7 Å². The van der Waals surface area contributed by atoms with Gasteiger partial charge in [-0.25, -0.2) is 9.67 Å². The molecule has 3 aromatic rings. The Bertz CT molecular complexity index is 1140. The molecular formula is C22H27N5O2S. The second-order valence-corrected chi connectivity index (χ2v) is 8.83. The monoisotopic (exact) mass is 425 g/mol. The van der Waals surface area contributed by atoms with Crippen molar-refractivity contribution in [3.05, 3.63) is 45.9 Å². The number of hydrogen-bond acceptors (Lipinski definition) is 5. The number of rotatable bonds is 5. The number of carbonyl (C=O) groups is 1. The number of thioether (sulfide) groups is 1. The predicted octanol–water partition coefficient (Wildman–Crippen LogP) is 3.61. The van der Waals surface area contributed by atoms with E-state index >= 15 is 0 Å². The van der Waals surface area contributed by atoms with Gasteiger partial charge in [0.2, 0.25) is 5.91 Å². The van der Waals surface area contributed by atoms with Gasteiger partial charge in [0, 0.05) is 12.6 Å². The first-order chi connectivity index (χ1) is 14.5. The normalized spacial score (nSPS) is 16.9. The van der Waals surface area contributed by atoms with Crippen molar-refractivity contribution in [2.75, 3.05) is 12.3 Å². The van der Waals surface area contributed by atoms with Crippen LogP contribution in [0.3, 0.4) is 0 Å². The van der Waals surface area contributed by atoms with Crippen LogP contribution in [0.1, 0.15) is 43.7 Å². The molecule has 4 rings (SSSR count). The van der Waals surface area contributed by atoms with Gasteiger partial charge in [-0.15, -0.1) is 0 Å². The number of benzene rings is 1. The van der Waals surface area contributed by atoms with Crippen molar-refractivity contribution in [3.8, 4) is 5.69 Å². The molecule has 2 aromatic heterocycles. The van der Waals surface area contributed by atoms with Crippen LogP contribution in [-0.4, -0.2) is 48.9 Å². The van der Waals surface area contributed by atoms with Gasteiger partial charge in [0.05, 0.1) is 17.6 Å². The minimum atomic E-state index is -0.241. The zero-order valence-electron chi connectivity index (χ0n) is 17.6. The van der Waals surface area contributed by atoms with E-state index in [4.69, 9.17) is 0 Å². The maximum Gasteiger partial charge on any atom is 0.262 e. The largest absolute Gasteiger partial charge is 0.339 e. The smallest absolute Gasteiger partial charge is 0.262 e. The molecule has 0 bridgehead atoms. The Morgan fingerprint density at radius 1 is 1.27 bits per heavy atom. The lowest BCUT2D eigenvalue weighted by molar-refractivity contribution is -0.132. The third-order valence-electron chi connectivity index (χ3n) is 5.90. The lowest BCUT2D eigenvalue weighted by atomic mass is 10.0. The number of carbonyl (C=O) groups excluding carboxylic acids is 1. The number of amides is 1. The molecule has 1 aliphatic heterocycles. The van der Waals surface area contributed by atoms with E-state index in [0.29, 0.717) is 22.2 Å². The summed E-state index contributed by atoms with van der Waals surface area (Å²) in [5.74, 6) is 0.375. The summed E-state index contributed by atoms with van der Waals surface area (Å²) in [5, 5.41) is 5.25. The highest BCUT2D eigenvalue weighted by atomic mass is 32.2. The summed E-state index contributed by atoms with van der Waals surface area (Å²) in [4.78, 5) is 34.7. The van der Waals surface area contributed by atoms with E-state index in [1.807, 2.05) is 30.0 Å². The number of hydrogen-bond donors (Lipinski definition) is 1. The average Bonchev–Trinajstić information content (AvgIpc) is 3.18. The van der Waals surface area contributed by atoms with E-state index in [0.717, 1.165) is 37.1 Å². The van der Waals surface area contributed by atoms with Crippen LogP contribution in [0.5, 0.6) is 0 Å². The van der Waals surface area contributed by atoms with Crippen LogP contribution in [0, 0.1) is 13.8 Å². The summed E-state index contributed by atoms with van der Waals surface area (Å²) in [6.45, 7) is 7.05. The number of likely N-dealkylation sites (tertiary alicyclic amines) is 1. The first-order valence-electron chi connectivity index (χ1n) is 10.5. The molecule has 0 radical (unpaired) electrons. The van der Waals surface area contributed by atoms with Crippen LogP contribution < -0.4 is 5.56 Å². The van der Waals surface area contributed by atoms with Crippen LogP contribution >= 0.6 is 11.8 Å². The molecule has 1 atom stereocenters. The molecule has 1 aliphatic rings. The van der Waals surface area contributed by atoms with Crippen molar-refractivity contribution in [1.29, 1.82) is 0 Å². The fraction of sp³-hybridized carbons (Fsp3) is 0.455. The van der Waals surface area contributed by atoms with Gasteiger partial charge in [-0.05, 0) is 62.8 Å². The predicted molar refractivity (Wildman–Crippen MR) is 119 cm³/mol. The summed E-state index contributed by atoms with van der Waals surface area (Å²) < 4.78 is 1.68. The van der Waals surface area contributed by atoms with E-state index in [-0.39, 0.29) is 17.2 Å². The maximum absolute atomic E-state index is 12.8. The van der Waals surface area contributed by atoms with Crippen LogP contribution in [0.15, 0.2) is 34.3 Å². The fourth-order valence-electron chi connectivity index (χ4n) is 3.98. The third kappa shape index (κ3) is 4.01. The first-order valence-corrected chi connectivity index (χ1v) is 11.4. The van der Waals surface area contributed by atoms with E-state index in [2.05, 4.69) is 28.9 Å². The molecule has 0 saturated carbocycles. The van der Waals surface area contributed by atoms with Gasteiger partial charge >= 0.3 is 0 Å². The van der Waals surface area contributed by atoms with Crippen LogP contribution in [0.2, 0.25) is 0 Å². The van der Waals surface area contributed by atoms with Gasteiger partial charge < -0.3 is 9.88 Å². The molecule has 1 saturated heterocycles. The molecule has 0 spiro atoms. The number of H-pyrrole nitrogens is 1. The number of aromatic amines is 1. The molecule has 0 aliphatic carbocycles. The summed E-state index contributed by atoms with van der Waals surface area (Å²) in [5.41, 5.74) is 3.46. The van der Waals surface area contributed by atoms with Crippen molar-refractivity contribution in [1.82, 2.24) is 24.6 Å². The average molecular weight is 426 g/mol. The topological polar surface area (TPSA) is 83.9 Å². The number of aryl methyl sites for hydroxylation is 2. The van der Waals surface area contributed by atoms with Gasteiger partial charge in [0.25, 0.3) is 5.56 Å². The van der Waals surface area contributed by atoms with Crippen molar-refractivity contribution < 1.29 is 4.79 Å². The van der Waals surface area contributed by atoms with Gasteiger partial charge in [-0.1, -0.05) is 24.8 Å². The fourth-order valence-corrected chi connectivity index (χ4v) is 4.72. The molecule has 1 amide bonds. The Labute approximate surface area is 179 Å². The zero-order valence-corrected chi connectivity index (χ0v) is 18.5. The SMILES string of the molecule is CC[C@@H]1CCCCN1C(=O)CSc1nc2c(cnn2-c2ccc(C)c(C)c2)c(=O)[nH]1. The second kappa shape index (κ2) is 8.63. The maximum atomic E-state index is 12.8. The van der Waals surface area contributed by atoms with Crippen molar-refractivity contribution in [2.24, 2.45) is 0 Å². The van der Waals surface area contributed by atoms with Crippen LogP contribution in [0.25, 0.3) is 16.7 Å². The summed E-state index contributed by atoms with van der Waals surface area (Å²) >= 11 is 1.28. The Balaban J connectivity index is 1.58. The number of piperidine rings is 1. The summed E-state index contributed by atoms with van der Waals surface area (Å²) in [6.07, 6.45) is 5.83. The molecule has 1 N–H and O–H groups in total. The molecule has 3 heterocycles. The molecule has 30 heavy (non-hydrogen) atoms. The Morgan fingerprint density at radius 2 is 2.10 bits per heavy atom. The van der Waals surface area contributed by atoms with E-state index in [1.54, 1.807) is 4.68 Å². The van der Waals surface area contributed by atoms with E-state index in [1.165, 1.54) is 29.9 Å². The van der Waals surface area contributed by atoms with Crippen molar-refractivity contribution in [3.63, 3.8) is 0 Å². The Hall–Kier alpha value is -2.61. The zero-order chi connectivity index (χ0) is 21.3. The van der Waals surface area contributed by atoms with Gasteiger partial charge in [0.15, 0.2) is 10.8 Å². The number of nitrogens with zero attached hydrogens (tertiary/aromatic N) is 4. The molecule has 8 heteroatoms. The molecule has 1 aromatic carbocycles. The molecule has 7 nitrogen and oxygen atoms in total. The van der Waals surface area contributed by atoms with Gasteiger partial charge in [-0.3, -0.25) is 9.59 Å². The van der Waals surface area contributed by atoms with Gasteiger partial charge in [0.1, 0.15) is 5.39 Å². The quantitative estimate of drug-likeness (QED) is 0.499. The molecule has 158 valence electrons. The number of nitrogens with one attached hydrogen (secondary N) is 1. The Morgan fingerprint density at radius 3 is 2.87 bits per heavy atom. The number of aromatic nitrogens is 4. The highest BCUT2D eigenvalue weighted by molar-refractivity contribution is 7.99. The lowest BCUT2D eigenvalue weighted by Gasteiger charge is -2.35. The Kier molecular flexibility index (Phi) is 5.94. The van der Waals surface area contributed by atoms with Crippen molar-refractivity contribution in [2.45, 2.75) is 57.7 Å². The molecule has 1 fully saturated rings. The minimum absolute atomic E-state index is 0.108. The summed E-state index contributed by atoms with van der Waals surface area (Å²) in [6, 6.07) is 6.35. The molecule has 0 unspecified atom stereocenters. The first kappa shape index (κ1) is 20.7. The second-order valence-electron chi connectivity index (χ2n) is 7.87. The minimum Gasteiger partial charge on any atom is -0.339 e. The van der Waals surface area contributed by atoms with Crippen LogP contribution in [-0.2, 0) is 4.79 Å². The third-order valence-corrected chi connectivity index (χ3v) is 6.76. The highest BCUT2D eigenvalue weighted by Gasteiger charge is 2.25. The van der Waals surface area contributed by atoms with E-state index in [9.17, 15) is 9.59 Å². The van der Waals surface area contributed by atoms with Gasteiger partial charge in [-0.2, -0.15) is 5.10 Å². The standard InChI is InChI=1S/C22H27N5O2S/c1-4-16-7-5-6-10-26(16)19(28)13-30-22-24-20-18(21(29)25-22)12-23-27(20)17-9-8-14(2)15(3)11-17/h8-9,11-12,16H,4-7,10,13H2,1-3H3,(H,24,25,29)/t16-/m1/s1. The molecular weight excluding hydrogens is 398 g/mol. The summed E-state index contributed by atoms with van der Waals surface area (Å²) in [7, 11) is 0. The highest BCUT2D eigenvalue weighted by Crippen LogP contribution is 2.23. The number of fused-ring (bicyclic) bond motifs is 1. The van der Waals surface area contributed by atoms with E-state index < -0.39 is 0 Å².